The number of morpholine rings is 2. The van der Waals surface area contributed by atoms with Crippen molar-refractivity contribution in [2.45, 2.75) is 98.3 Å². The summed E-state index contributed by atoms with van der Waals surface area (Å²) in [5.41, 5.74) is 12.1. The molecule has 4 aromatic carbocycles. The van der Waals surface area contributed by atoms with Crippen molar-refractivity contribution < 1.29 is 31.6 Å². The molecule has 75 heavy (non-hydrogen) atoms. The molecule has 4 aromatic heterocycles. The number of phenols is 1. The lowest BCUT2D eigenvalue weighted by Gasteiger charge is -2.27. The third-order valence-electron chi connectivity index (χ3n) is 13.6. The molecule has 0 bridgehead atoms. The number of para-hydroxylation sites is 1. The highest BCUT2D eigenvalue weighted by atomic mass is 35.5. The van der Waals surface area contributed by atoms with Crippen LogP contribution >= 0.6 is 11.6 Å². The number of fused-ring (bicyclic) bond motifs is 2. The fraction of sp³-hybridized carbons (Fsp3) is 0.407. The van der Waals surface area contributed by atoms with Crippen molar-refractivity contribution in [1.29, 1.82) is 0 Å². The van der Waals surface area contributed by atoms with Crippen LogP contribution in [0.25, 0.3) is 33.4 Å². The number of nitrogens with zero attached hydrogens (tertiary/aromatic N) is 10. The van der Waals surface area contributed by atoms with Crippen molar-refractivity contribution >= 4 is 51.1 Å². The molecule has 0 saturated carbocycles. The van der Waals surface area contributed by atoms with Gasteiger partial charge in [0.15, 0.2) is 17.9 Å². The molecule has 2 N–H and O–H groups in total. The van der Waals surface area contributed by atoms with Gasteiger partial charge in [-0.25, -0.2) is 33.9 Å². The number of ether oxygens (including phenoxy) is 2. The molecule has 14 nitrogen and oxygen atoms in total. The maximum Gasteiger partial charge on any atom is 0.211 e. The van der Waals surface area contributed by atoms with Crippen LogP contribution in [-0.4, -0.2) is 115 Å². The fourth-order valence-electron chi connectivity index (χ4n) is 9.80. The summed E-state index contributed by atoms with van der Waals surface area (Å²) in [6, 6.07) is 28.8. The van der Waals surface area contributed by atoms with E-state index in [9.17, 15) is 5.11 Å². The number of anilines is 1. The topological polar surface area (TPSA) is 144 Å². The van der Waals surface area contributed by atoms with Crippen LogP contribution in [0.4, 0.5) is 11.5 Å². The van der Waals surface area contributed by atoms with E-state index in [1.165, 1.54) is 52.6 Å². The molecule has 0 spiro atoms. The first-order valence-corrected chi connectivity index (χ1v) is 26.5. The van der Waals surface area contributed by atoms with Gasteiger partial charge in [-0.3, -0.25) is 0 Å². The molecule has 396 valence electrons. The van der Waals surface area contributed by atoms with E-state index in [1.807, 2.05) is 31.3 Å². The summed E-state index contributed by atoms with van der Waals surface area (Å²) in [5, 5.41) is 24.0. The van der Waals surface area contributed by atoms with Gasteiger partial charge in [0.1, 0.15) is 35.9 Å². The van der Waals surface area contributed by atoms with Crippen LogP contribution in [0.2, 0.25) is 5.15 Å². The molecule has 3 aliphatic rings. The lowest BCUT2D eigenvalue weighted by Crippen LogP contribution is -3.00. The Morgan fingerprint density at radius 3 is 1.69 bits per heavy atom. The van der Waals surface area contributed by atoms with Crippen molar-refractivity contribution in [3.05, 3.63) is 149 Å². The first-order valence-electron chi connectivity index (χ1n) is 26.2. The summed E-state index contributed by atoms with van der Waals surface area (Å²) in [4.78, 5) is 18.8. The van der Waals surface area contributed by atoms with E-state index in [-0.39, 0.29) is 18.2 Å². The zero-order valence-electron chi connectivity index (χ0n) is 44.9. The van der Waals surface area contributed by atoms with Crippen molar-refractivity contribution in [2.75, 3.05) is 64.1 Å². The van der Waals surface area contributed by atoms with E-state index < -0.39 is 0 Å². The first kappa shape index (κ1) is 56.4. The summed E-state index contributed by atoms with van der Waals surface area (Å²) in [6.07, 6.45) is 10.3. The van der Waals surface area contributed by atoms with Crippen LogP contribution < -0.4 is 22.6 Å². The summed E-state index contributed by atoms with van der Waals surface area (Å²) >= 11 is 5.85. The zero-order chi connectivity index (χ0) is 52.3. The van der Waals surface area contributed by atoms with Gasteiger partial charge in [0.2, 0.25) is 5.69 Å². The molecule has 7 heterocycles. The quantitative estimate of drug-likeness (QED) is 0.106. The SMILES string of the molecule is C1COCCN1.CC(C)c1cccc(C(C)C)c1C1C=[N+](c2c(C(C)C)cccc2C(C)C)CC1.Cc1ccc2cnn(-c3cc(Cl)ncn3)c2c1.Oc1ccc2cnn(-c3cc(N4CCOCC4)ncn3)c2c1.[Cl-]. The Hall–Kier alpha value is -6.29. The van der Waals surface area contributed by atoms with E-state index in [0.717, 1.165) is 73.6 Å². The van der Waals surface area contributed by atoms with E-state index in [0.29, 0.717) is 59.6 Å². The minimum Gasteiger partial charge on any atom is -1.00 e. The molecule has 1 atom stereocenters. The fourth-order valence-corrected chi connectivity index (χ4v) is 9.95. The molecule has 0 aliphatic carbocycles. The molecule has 16 heteroatoms. The number of benzene rings is 4. The van der Waals surface area contributed by atoms with E-state index in [4.69, 9.17) is 21.1 Å². The predicted molar refractivity (Wildman–Crippen MR) is 299 cm³/mol. The van der Waals surface area contributed by atoms with Gasteiger partial charge in [-0.1, -0.05) is 116 Å². The Morgan fingerprint density at radius 2 is 1.15 bits per heavy atom. The van der Waals surface area contributed by atoms with Gasteiger partial charge in [-0.2, -0.15) is 10.2 Å². The van der Waals surface area contributed by atoms with Crippen LogP contribution in [0.3, 0.4) is 0 Å². The normalized spacial score (nSPS) is 15.5. The third kappa shape index (κ3) is 14.0. The Morgan fingerprint density at radius 1 is 0.627 bits per heavy atom. The largest absolute Gasteiger partial charge is 1.00 e. The Kier molecular flexibility index (Phi) is 19.9. The zero-order valence-corrected chi connectivity index (χ0v) is 46.4. The molecular formula is C59H73Cl2N11O3. The van der Waals surface area contributed by atoms with Crippen molar-refractivity contribution in [2.24, 2.45) is 0 Å². The average molecular weight is 1060 g/mol. The number of aryl methyl sites for hydroxylation is 1. The molecule has 0 radical (unpaired) electrons. The van der Waals surface area contributed by atoms with E-state index >= 15 is 0 Å². The number of aromatic hydroxyl groups is 1. The lowest BCUT2D eigenvalue weighted by atomic mass is 9.82. The molecular weight excluding hydrogens is 982 g/mol. The molecule has 2 saturated heterocycles. The minimum absolute atomic E-state index is 0. The van der Waals surface area contributed by atoms with Crippen LogP contribution in [0.1, 0.15) is 125 Å². The highest BCUT2D eigenvalue weighted by Crippen LogP contribution is 2.40. The second-order valence-corrected chi connectivity index (χ2v) is 20.7. The monoisotopic (exact) mass is 1050 g/mol. The molecule has 3 aliphatic heterocycles. The number of aromatic nitrogens is 8. The maximum atomic E-state index is 9.68. The van der Waals surface area contributed by atoms with E-state index in [1.54, 1.807) is 39.3 Å². The van der Waals surface area contributed by atoms with Crippen molar-refractivity contribution in [3.63, 3.8) is 0 Å². The van der Waals surface area contributed by atoms with Crippen LogP contribution in [0, 0.1) is 6.92 Å². The Labute approximate surface area is 453 Å². The highest BCUT2D eigenvalue weighted by Gasteiger charge is 2.33. The average Bonchev–Trinajstić information content (AvgIpc) is 4.19. The summed E-state index contributed by atoms with van der Waals surface area (Å²) in [6.45, 7) is 28.7. The number of phenolic OH excluding ortho intramolecular Hbond substituents is 1. The second kappa shape index (κ2) is 26.5. The highest BCUT2D eigenvalue weighted by molar-refractivity contribution is 6.29. The smallest absolute Gasteiger partial charge is 0.211 e. The van der Waals surface area contributed by atoms with Gasteiger partial charge in [0.25, 0.3) is 0 Å². The number of nitrogens with one attached hydrogen (secondary N) is 1. The molecule has 2 fully saturated rings. The molecule has 1 unspecified atom stereocenters. The van der Waals surface area contributed by atoms with Crippen LogP contribution in [-0.2, 0) is 9.47 Å². The maximum absolute atomic E-state index is 9.68. The predicted octanol–water partition coefficient (Wildman–Crippen LogP) is 8.83. The first-order chi connectivity index (χ1) is 35.8. The van der Waals surface area contributed by atoms with Gasteiger partial charge >= 0.3 is 0 Å². The van der Waals surface area contributed by atoms with Gasteiger partial charge in [-0.05, 0) is 71.0 Å². The van der Waals surface area contributed by atoms with Gasteiger partial charge < -0.3 is 37.2 Å². The van der Waals surface area contributed by atoms with Crippen molar-refractivity contribution in [3.8, 4) is 17.4 Å². The molecule has 8 aromatic rings. The molecule has 0 amide bonds. The second-order valence-electron chi connectivity index (χ2n) is 20.3. The summed E-state index contributed by atoms with van der Waals surface area (Å²) in [7, 11) is 0. The van der Waals surface area contributed by atoms with Crippen LogP contribution in [0.5, 0.6) is 5.75 Å². The summed E-state index contributed by atoms with van der Waals surface area (Å²) in [5.74, 6) is 5.10. The number of hydrogen-bond acceptors (Lipinski definition) is 11. The van der Waals surface area contributed by atoms with Gasteiger partial charge in [0, 0.05) is 72.7 Å². The van der Waals surface area contributed by atoms with Crippen molar-refractivity contribution in [1.82, 2.24) is 44.8 Å². The van der Waals surface area contributed by atoms with Gasteiger partial charge in [-0.15, -0.1) is 0 Å². The van der Waals surface area contributed by atoms with E-state index in [2.05, 4.69) is 155 Å². The number of hydrogen-bond donors (Lipinski definition) is 2. The Balaban J connectivity index is 0.000000158. The molecule has 11 rings (SSSR count). The summed E-state index contributed by atoms with van der Waals surface area (Å²) < 4.78 is 16.4. The minimum atomic E-state index is 0. The number of rotatable bonds is 9. The van der Waals surface area contributed by atoms with Crippen LogP contribution in [0.15, 0.2) is 110 Å². The third-order valence-corrected chi connectivity index (χ3v) is 13.8. The number of halogens is 2. The van der Waals surface area contributed by atoms with Gasteiger partial charge in [0.05, 0.1) is 55.8 Å². The Bertz CT molecular complexity index is 3090. The standard InChI is InChI=1S/C28H40N.C15H15N5O2.C12H9ClN4.C4H9NO.ClH/c1-18(2)23-11-9-12-24(19(3)4)27(23)22-15-16-29(17-22)28-25(20(5)6)13-10-14-26(28)21(7)8;21-12-2-1-11-9-18-20(13(11)7-12)15-8-14(16-10-17-15)19-3-5-22-6-4-19;1-8-2-3-9-6-16-17(10(9)4-8)12-5-11(13)14-7-15-12;1-3-6-4-2-5-1;/h9-14,17-22H,15-16H2,1-8H3;1-2,7-10,21H,3-6H2;2-7H,1H3;5H,1-4H2;1H/q+1;;;;/p-1. The lowest BCUT2D eigenvalue weighted by molar-refractivity contribution is -0.428.